The van der Waals surface area contributed by atoms with Crippen molar-refractivity contribution < 1.29 is 32.4 Å². The zero-order chi connectivity index (χ0) is 39.0. The summed E-state index contributed by atoms with van der Waals surface area (Å²) in [6.07, 6.45) is -4.40. The smallest absolute Gasteiger partial charge is 0.332 e. The first kappa shape index (κ1) is 40.8. The minimum Gasteiger partial charge on any atom is -0.497 e. The van der Waals surface area contributed by atoms with E-state index in [0.717, 1.165) is 25.8 Å². The van der Waals surface area contributed by atoms with Gasteiger partial charge in [0.2, 0.25) is 0 Å². The van der Waals surface area contributed by atoms with Gasteiger partial charge in [-0.05, 0) is 68.7 Å². The second-order valence-corrected chi connectivity index (χ2v) is 14.8. The molecular weight excluding hydrogens is 714 g/mol. The molecule has 54 heavy (non-hydrogen) atoms. The Morgan fingerprint density at radius 1 is 0.889 bits per heavy atom. The number of methoxy groups -OCH3 is 2. The van der Waals surface area contributed by atoms with E-state index in [1.54, 1.807) is 14.2 Å². The Morgan fingerprint density at radius 3 is 1.96 bits per heavy atom. The van der Waals surface area contributed by atoms with E-state index < -0.39 is 50.0 Å². The molecule has 5 rings (SSSR count). The molecule has 0 N–H and O–H groups in total. The number of nitrogens with zero attached hydrogens (tertiary/aromatic N) is 4. The van der Waals surface area contributed by atoms with Crippen molar-refractivity contribution in [3.8, 4) is 17.6 Å². The van der Waals surface area contributed by atoms with Crippen LogP contribution in [0, 0.1) is 11.3 Å². The van der Waals surface area contributed by atoms with Gasteiger partial charge in [-0.1, -0.05) is 54.6 Å². The molecule has 0 amide bonds. The molecule has 0 radical (unpaired) electrons. The maximum atomic E-state index is 17.1. The quantitative estimate of drug-likeness (QED) is 0.0672. The van der Waals surface area contributed by atoms with E-state index in [4.69, 9.17) is 28.0 Å². The minimum atomic E-state index is -1.93. The monoisotopic (exact) mass is 762 g/mol. The second kappa shape index (κ2) is 18.3. The first-order valence-corrected chi connectivity index (χ1v) is 18.9. The Hall–Kier alpha value is -4.41. The van der Waals surface area contributed by atoms with Crippen LogP contribution in [0.15, 0.2) is 101 Å². The Kier molecular flexibility index (Phi) is 13.8. The number of nitriles is 1. The van der Waals surface area contributed by atoms with Crippen LogP contribution in [-0.4, -0.2) is 71.7 Å². The highest BCUT2D eigenvalue weighted by molar-refractivity contribution is 7.44. The van der Waals surface area contributed by atoms with Crippen LogP contribution in [0.3, 0.4) is 0 Å². The van der Waals surface area contributed by atoms with E-state index >= 15 is 4.39 Å². The molecule has 14 heteroatoms. The summed E-state index contributed by atoms with van der Waals surface area (Å²) in [5, 5.41) is 9.28. The number of hydrogen-bond acceptors (Lipinski definition) is 10. The van der Waals surface area contributed by atoms with Crippen LogP contribution in [0.4, 0.5) is 4.39 Å². The van der Waals surface area contributed by atoms with Crippen LogP contribution in [0.5, 0.6) is 11.5 Å². The Balaban J connectivity index is 1.64. The van der Waals surface area contributed by atoms with E-state index in [9.17, 15) is 14.9 Å². The van der Waals surface area contributed by atoms with Crippen LogP contribution in [0.25, 0.3) is 0 Å². The van der Waals surface area contributed by atoms with Gasteiger partial charge in [0.1, 0.15) is 29.3 Å². The van der Waals surface area contributed by atoms with Crippen LogP contribution < -0.4 is 20.7 Å². The minimum absolute atomic E-state index is 0.0637. The van der Waals surface area contributed by atoms with Gasteiger partial charge in [0.25, 0.3) is 14.1 Å². The molecule has 288 valence electrons. The van der Waals surface area contributed by atoms with Gasteiger partial charge in [-0.2, -0.15) is 5.26 Å². The van der Waals surface area contributed by atoms with Gasteiger partial charge in [-0.3, -0.25) is 13.9 Å². The predicted octanol–water partition coefficient (Wildman–Crippen LogP) is 6.47. The largest absolute Gasteiger partial charge is 0.497 e. The highest BCUT2D eigenvalue weighted by Gasteiger charge is 2.51. The molecule has 0 bridgehead atoms. The molecule has 0 aliphatic carbocycles. The molecule has 3 aromatic carbocycles. The lowest BCUT2D eigenvalue weighted by Crippen LogP contribution is -2.42. The topological polar surface area (TPSA) is 126 Å². The molecule has 2 heterocycles. The van der Waals surface area contributed by atoms with Gasteiger partial charge >= 0.3 is 5.69 Å². The van der Waals surface area contributed by atoms with E-state index in [1.165, 1.54) is 19.3 Å². The van der Waals surface area contributed by atoms with Crippen LogP contribution >= 0.6 is 8.53 Å². The first-order chi connectivity index (χ1) is 26.0. The fourth-order valence-corrected chi connectivity index (χ4v) is 8.40. The number of aromatic nitrogens is 2. The average molecular weight is 763 g/mol. The third kappa shape index (κ3) is 8.60. The van der Waals surface area contributed by atoms with Crippen LogP contribution in [-0.2, 0) is 31.2 Å². The molecule has 1 unspecified atom stereocenters. The lowest BCUT2D eigenvalue weighted by atomic mass is 9.80. The van der Waals surface area contributed by atoms with Crippen molar-refractivity contribution in [2.24, 2.45) is 7.05 Å². The summed E-state index contributed by atoms with van der Waals surface area (Å²) in [7, 11) is 2.57. The summed E-state index contributed by atoms with van der Waals surface area (Å²) in [6, 6.07) is 27.8. The Labute approximate surface area is 316 Å². The summed E-state index contributed by atoms with van der Waals surface area (Å²) in [5.41, 5.74) is -0.254. The number of ether oxygens (including phenoxy) is 4. The predicted molar refractivity (Wildman–Crippen MR) is 203 cm³/mol. The molecule has 1 fully saturated rings. The molecule has 1 saturated heterocycles. The molecule has 12 nitrogen and oxygen atoms in total. The summed E-state index contributed by atoms with van der Waals surface area (Å²) in [5.74, 6) is 1.30. The lowest BCUT2D eigenvalue weighted by Gasteiger charge is -2.39. The first-order valence-electron chi connectivity index (χ1n) is 17.8. The number of hydrogen-bond donors (Lipinski definition) is 0. The lowest BCUT2D eigenvalue weighted by molar-refractivity contribution is -0.0936. The van der Waals surface area contributed by atoms with E-state index in [-0.39, 0.29) is 31.7 Å². The molecule has 0 spiro atoms. The zero-order valence-electron chi connectivity index (χ0n) is 31.6. The number of benzene rings is 3. The summed E-state index contributed by atoms with van der Waals surface area (Å²) >= 11 is 0. The third-order valence-corrected chi connectivity index (χ3v) is 11.4. The molecule has 1 aromatic heterocycles. The second-order valence-electron chi connectivity index (χ2n) is 13.3. The molecule has 1 aliphatic heterocycles. The average Bonchev–Trinajstić information content (AvgIpc) is 3.48. The van der Waals surface area contributed by atoms with Crippen molar-refractivity contribution in [3.05, 3.63) is 129 Å². The molecule has 5 atom stereocenters. The van der Waals surface area contributed by atoms with Gasteiger partial charge in [0, 0.05) is 31.4 Å². The van der Waals surface area contributed by atoms with Gasteiger partial charge in [0.15, 0.2) is 12.4 Å². The number of alkyl halides is 1. The van der Waals surface area contributed by atoms with Crippen molar-refractivity contribution in [2.75, 3.05) is 27.4 Å². The number of halogens is 1. The van der Waals surface area contributed by atoms with Crippen LogP contribution in [0.2, 0.25) is 0 Å². The standard InChI is InChI=1S/C40H48FN4O8P/c1-27(2)45(28(3)4)54(51-25-11-23-42)53-37-34(52-38(36(37)41)44-24-22-35(46)43(5)39(44)47)26-50-40(29-12-9-8-10-13-29,30-14-18-32(48-6)19-15-30)31-16-20-33(49-7)21-17-31/h8-10,12-22,24,27-28,34,36-38H,11,25-26H2,1-7H3/t34-,36-,37-,38-,54?/m1/s1. The molecular formula is C40H48FN4O8P. The summed E-state index contributed by atoms with van der Waals surface area (Å²) < 4.78 is 58.3. The Morgan fingerprint density at radius 2 is 1.44 bits per heavy atom. The fraction of sp³-hybridized carbons (Fsp3) is 0.425. The van der Waals surface area contributed by atoms with E-state index in [0.29, 0.717) is 11.5 Å². The van der Waals surface area contributed by atoms with Gasteiger partial charge in [-0.25, -0.2) is 13.9 Å². The van der Waals surface area contributed by atoms with Crippen molar-refractivity contribution >= 4 is 8.53 Å². The molecule has 4 aromatic rings. The molecule has 0 saturated carbocycles. The fourth-order valence-electron chi connectivity index (χ4n) is 6.64. The van der Waals surface area contributed by atoms with E-state index in [1.807, 2.05) is 111 Å². The third-order valence-electron chi connectivity index (χ3n) is 9.27. The zero-order valence-corrected chi connectivity index (χ0v) is 32.5. The van der Waals surface area contributed by atoms with Crippen molar-refractivity contribution in [1.29, 1.82) is 5.26 Å². The number of rotatable bonds is 17. The van der Waals surface area contributed by atoms with Crippen molar-refractivity contribution in [3.63, 3.8) is 0 Å². The normalized spacial score (nSPS) is 19.3. The maximum Gasteiger partial charge on any atom is 0.332 e. The Bertz CT molecular complexity index is 1910. The molecule has 1 aliphatic rings. The maximum absolute atomic E-state index is 17.1. The summed E-state index contributed by atoms with van der Waals surface area (Å²) in [6.45, 7) is 7.79. The van der Waals surface area contributed by atoms with Crippen molar-refractivity contribution in [1.82, 2.24) is 13.8 Å². The van der Waals surface area contributed by atoms with Gasteiger partial charge in [-0.15, -0.1) is 0 Å². The summed E-state index contributed by atoms with van der Waals surface area (Å²) in [4.78, 5) is 25.6. The highest BCUT2D eigenvalue weighted by Crippen LogP contribution is 2.51. The SMILES string of the molecule is COc1ccc(C(OC[C@H]2O[C@@H](n3ccc(=O)n(C)c3=O)[C@H](F)[C@@H]2OP(OCCC#N)N(C(C)C)C(C)C)(c2ccccc2)c2ccc(OC)cc2)cc1. The van der Waals surface area contributed by atoms with Crippen molar-refractivity contribution in [2.45, 2.75) is 76.4 Å². The van der Waals surface area contributed by atoms with E-state index in [2.05, 4.69) is 6.07 Å². The van der Waals surface area contributed by atoms with Gasteiger partial charge < -0.3 is 28.0 Å². The van der Waals surface area contributed by atoms with Crippen LogP contribution in [0.1, 0.15) is 57.0 Å². The van der Waals surface area contributed by atoms with Gasteiger partial charge in [0.05, 0.1) is 39.9 Å². The highest BCUT2D eigenvalue weighted by atomic mass is 31.2.